The van der Waals surface area contributed by atoms with E-state index in [-0.39, 0.29) is 5.75 Å². The van der Waals surface area contributed by atoms with Gasteiger partial charge in [-0.2, -0.15) is 0 Å². The van der Waals surface area contributed by atoms with Crippen LogP contribution in [0.3, 0.4) is 0 Å². The topological polar surface area (TPSA) is 64.6 Å². The number of benzene rings is 1. The molecule has 108 valence electrons. The fourth-order valence-corrected chi connectivity index (χ4v) is 2.35. The van der Waals surface area contributed by atoms with Crippen molar-refractivity contribution in [1.29, 1.82) is 0 Å². The molecule has 0 saturated heterocycles. The third kappa shape index (κ3) is 5.94. The van der Waals surface area contributed by atoms with Crippen molar-refractivity contribution in [3.8, 4) is 11.5 Å². The van der Waals surface area contributed by atoms with Gasteiger partial charge in [-0.15, -0.1) is 0 Å². The molecular formula is C13H21NO4S. The van der Waals surface area contributed by atoms with Crippen LogP contribution in [-0.2, 0) is 16.4 Å². The molecular weight excluding hydrogens is 266 g/mol. The van der Waals surface area contributed by atoms with Crippen LogP contribution in [0.15, 0.2) is 18.2 Å². The predicted molar refractivity (Wildman–Crippen MR) is 75.6 cm³/mol. The van der Waals surface area contributed by atoms with Crippen LogP contribution in [0.4, 0.5) is 0 Å². The first-order chi connectivity index (χ1) is 8.96. The highest BCUT2D eigenvalue weighted by atomic mass is 32.2. The van der Waals surface area contributed by atoms with Crippen LogP contribution < -0.4 is 14.8 Å². The number of ether oxygens (including phenoxy) is 2. The minimum atomic E-state index is -2.87. The SMILES string of the molecule is COc1ccc(CNCCCS(C)(=O)=O)cc1OC. The van der Waals surface area contributed by atoms with Crippen molar-refractivity contribution < 1.29 is 17.9 Å². The average Bonchev–Trinajstić information content (AvgIpc) is 2.36. The summed E-state index contributed by atoms with van der Waals surface area (Å²) >= 11 is 0. The first-order valence-electron chi connectivity index (χ1n) is 6.05. The molecule has 0 heterocycles. The van der Waals surface area contributed by atoms with Gasteiger partial charge in [0.15, 0.2) is 11.5 Å². The van der Waals surface area contributed by atoms with Crippen molar-refractivity contribution in [3.05, 3.63) is 23.8 Å². The summed E-state index contributed by atoms with van der Waals surface area (Å²) in [5.74, 6) is 1.60. The lowest BCUT2D eigenvalue weighted by atomic mass is 10.2. The second-order valence-corrected chi connectivity index (χ2v) is 6.61. The van der Waals surface area contributed by atoms with Crippen molar-refractivity contribution in [1.82, 2.24) is 5.32 Å². The van der Waals surface area contributed by atoms with E-state index in [0.29, 0.717) is 31.0 Å². The van der Waals surface area contributed by atoms with Gasteiger partial charge >= 0.3 is 0 Å². The Bertz CT molecular complexity index is 499. The third-order valence-corrected chi connectivity index (χ3v) is 3.68. The minimum Gasteiger partial charge on any atom is -0.493 e. The molecule has 0 spiro atoms. The number of hydrogen-bond donors (Lipinski definition) is 1. The van der Waals surface area contributed by atoms with Crippen molar-refractivity contribution in [2.45, 2.75) is 13.0 Å². The first kappa shape index (κ1) is 15.8. The molecule has 5 nitrogen and oxygen atoms in total. The molecule has 0 saturated carbocycles. The largest absolute Gasteiger partial charge is 0.493 e. The average molecular weight is 287 g/mol. The lowest BCUT2D eigenvalue weighted by Crippen LogP contribution is -2.17. The Kier molecular flexibility index (Phi) is 6.11. The highest BCUT2D eigenvalue weighted by Crippen LogP contribution is 2.27. The van der Waals surface area contributed by atoms with E-state index < -0.39 is 9.84 Å². The van der Waals surface area contributed by atoms with Gasteiger partial charge in [-0.3, -0.25) is 0 Å². The van der Waals surface area contributed by atoms with E-state index in [1.54, 1.807) is 14.2 Å². The first-order valence-corrected chi connectivity index (χ1v) is 8.11. The van der Waals surface area contributed by atoms with Gasteiger partial charge in [0.1, 0.15) is 9.84 Å². The molecule has 19 heavy (non-hydrogen) atoms. The summed E-state index contributed by atoms with van der Waals surface area (Å²) in [4.78, 5) is 0. The summed E-state index contributed by atoms with van der Waals surface area (Å²) in [5, 5.41) is 3.20. The van der Waals surface area contributed by atoms with Crippen LogP contribution >= 0.6 is 0 Å². The molecule has 0 aliphatic rings. The Labute approximate surface area is 114 Å². The number of sulfone groups is 1. The van der Waals surface area contributed by atoms with Gasteiger partial charge in [-0.25, -0.2) is 8.42 Å². The van der Waals surface area contributed by atoms with Gasteiger partial charge in [-0.1, -0.05) is 6.07 Å². The van der Waals surface area contributed by atoms with Crippen molar-refractivity contribution in [2.24, 2.45) is 0 Å². The zero-order valence-electron chi connectivity index (χ0n) is 11.6. The van der Waals surface area contributed by atoms with Crippen molar-refractivity contribution >= 4 is 9.84 Å². The van der Waals surface area contributed by atoms with E-state index in [9.17, 15) is 8.42 Å². The molecule has 1 N–H and O–H groups in total. The molecule has 0 aliphatic heterocycles. The van der Waals surface area contributed by atoms with Gasteiger partial charge in [0.05, 0.1) is 20.0 Å². The lowest BCUT2D eigenvalue weighted by molar-refractivity contribution is 0.354. The molecule has 0 fully saturated rings. The summed E-state index contributed by atoms with van der Waals surface area (Å²) in [5.41, 5.74) is 1.07. The Hall–Kier alpha value is -1.27. The standard InChI is InChI=1S/C13H21NO4S/c1-17-12-6-5-11(9-13(12)18-2)10-14-7-4-8-19(3,15)16/h5-6,9,14H,4,7-8,10H2,1-3H3. The van der Waals surface area contributed by atoms with Crippen molar-refractivity contribution in [3.63, 3.8) is 0 Å². The number of nitrogens with one attached hydrogen (secondary N) is 1. The summed E-state index contributed by atoms with van der Waals surface area (Å²) in [6.07, 6.45) is 1.87. The van der Waals surface area contributed by atoms with Crippen LogP contribution in [0.25, 0.3) is 0 Å². The molecule has 1 aromatic rings. The zero-order valence-corrected chi connectivity index (χ0v) is 12.4. The molecule has 0 unspecified atom stereocenters. The predicted octanol–water partition coefficient (Wildman–Crippen LogP) is 1.23. The molecule has 0 bridgehead atoms. The second-order valence-electron chi connectivity index (χ2n) is 4.35. The van der Waals surface area contributed by atoms with E-state index in [2.05, 4.69) is 5.32 Å². The minimum absolute atomic E-state index is 0.214. The van der Waals surface area contributed by atoms with Crippen LogP contribution in [0.1, 0.15) is 12.0 Å². The fraction of sp³-hybridized carbons (Fsp3) is 0.538. The molecule has 6 heteroatoms. The van der Waals surface area contributed by atoms with E-state index in [1.807, 2.05) is 18.2 Å². The summed E-state index contributed by atoms with van der Waals surface area (Å²) in [7, 11) is 0.331. The van der Waals surface area contributed by atoms with Gasteiger partial charge < -0.3 is 14.8 Å². The molecule has 0 amide bonds. The molecule has 0 radical (unpaired) electrons. The van der Waals surface area contributed by atoms with Gasteiger partial charge in [0.25, 0.3) is 0 Å². The van der Waals surface area contributed by atoms with Crippen LogP contribution in [0, 0.1) is 0 Å². The maximum absolute atomic E-state index is 11.0. The summed E-state index contributed by atoms with van der Waals surface area (Å²) in [6.45, 7) is 1.34. The summed E-state index contributed by atoms with van der Waals surface area (Å²) in [6, 6.07) is 5.71. The Morgan fingerprint density at radius 3 is 2.42 bits per heavy atom. The van der Waals surface area contributed by atoms with E-state index >= 15 is 0 Å². The monoisotopic (exact) mass is 287 g/mol. The molecule has 1 rings (SSSR count). The Morgan fingerprint density at radius 1 is 1.16 bits per heavy atom. The second kappa shape index (κ2) is 7.35. The normalized spacial score (nSPS) is 11.3. The number of rotatable bonds is 8. The Morgan fingerprint density at radius 2 is 1.84 bits per heavy atom. The maximum Gasteiger partial charge on any atom is 0.161 e. The number of hydrogen-bond acceptors (Lipinski definition) is 5. The smallest absolute Gasteiger partial charge is 0.161 e. The van der Waals surface area contributed by atoms with Crippen LogP contribution in [0.5, 0.6) is 11.5 Å². The molecule has 0 aliphatic carbocycles. The van der Waals surface area contributed by atoms with Gasteiger partial charge in [0, 0.05) is 12.8 Å². The zero-order chi connectivity index (χ0) is 14.3. The Balaban J connectivity index is 2.41. The van der Waals surface area contributed by atoms with Crippen LogP contribution in [0.2, 0.25) is 0 Å². The highest BCUT2D eigenvalue weighted by Gasteiger charge is 2.04. The maximum atomic E-state index is 11.0. The van der Waals surface area contributed by atoms with E-state index in [4.69, 9.17) is 9.47 Å². The molecule has 0 atom stereocenters. The quantitative estimate of drug-likeness (QED) is 0.729. The van der Waals surface area contributed by atoms with Crippen molar-refractivity contribution in [2.75, 3.05) is 32.8 Å². The number of methoxy groups -OCH3 is 2. The van der Waals surface area contributed by atoms with Crippen LogP contribution in [-0.4, -0.2) is 41.2 Å². The van der Waals surface area contributed by atoms with E-state index in [1.165, 1.54) is 6.26 Å². The molecule has 1 aromatic carbocycles. The highest BCUT2D eigenvalue weighted by molar-refractivity contribution is 7.90. The third-order valence-electron chi connectivity index (χ3n) is 2.65. The van der Waals surface area contributed by atoms with Gasteiger partial charge in [-0.05, 0) is 30.7 Å². The fourth-order valence-electron chi connectivity index (χ4n) is 1.68. The lowest BCUT2D eigenvalue weighted by Gasteiger charge is -2.10. The van der Waals surface area contributed by atoms with Gasteiger partial charge in [0.2, 0.25) is 0 Å². The van der Waals surface area contributed by atoms with E-state index in [0.717, 1.165) is 5.56 Å². The molecule has 0 aromatic heterocycles. The summed E-state index contributed by atoms with van der Waals surface area (Å²) < 4.78 is 32.3.